The van der Waals surface area contributed by atoms with Crippen LogP contribution in [0.15, 0.2) is 0 Å². The van der Waals surface area contributed by atoms with Crippen molar-refractivity contribution in [3.05, 3.63) is 0 Å². The molecule has 0 spiro atoms. The third-order valence-corrected chi connectivity index (χ3v) is 3.93. The fourth-order valence-corrected chi connectivity index (χ4v) is 2.82. The van der Waals surface area contributed by atoms with Crippen LogP contribution in [-0.4, -0.2) is 47.2 Å². The topological polar surface area (TPSA) is 64.5 Å². The molecule has 0 radical (unpaired) electrons. The van der Waals surface area contributed by atoms with E-state index in [-0.39, 0.29) is 0 Å². The van der Waals surface area contributed by atoms with Gasteiger partial charge in [0.15, 0.2) is 0 Å². The summed E-state index contributed by atoms with van der Waals surface area (Å²) in [5.74, 6) is 0.573. The van der Waals surface area contributed by atoms with E-state index >= 15 is 0 Å². The molecule has 0 saturated carbocycles. The van der Waals surface area contributed by atoms with Crippen molar-refractivity contribution >= 4 is 34.4 Å². The Bertz CT molecular complexity index is 306. The first-order chi connectivity index (χ1) is 8.99. The Hall–Kier alpha value is -0.300. The van der Waals surface area contributed by atoms with Gasteiger partial charge in [0, 0.05) is 25.6 Å². The van der Waals surface area contributed by atoms with E-state index in [1.807, 2.05) is 0 Å². The van der Waals surface area contributed by atoms with Crippen LogP contribution in [-0.2, 0) is 4.74 Å². The lowest BCUT2D eigenvalue weighted by Crippen LogP contribution is -2.45. The van der Waals surface area contributed by atoms with Crippen molar-refractivity contribution in [3.63, 3.8) is 0 Å². The average Bonchev–Trinajstić information content (AvgIpc) is 2.36. The Morgan fingerprint density at radius 1 is 1.21 bits per heavy atom. The molecule has 110 valence electrons. The summed E-state index contributed by atoms with van der Waals surface area (Å²) in [7, 11) is 0. The van der Waals surface area contributed by atoms with Crippen LogP contribution in [0.5, 0.6) is 0 Å². The van der Waals surface area contributed by atoms with Crippen molar-refractivity contribution in [2.45, 2.75) is 38.6 Å². The van der Waals surface area contributed by atoms with Crippen molar-refractivity contribution in [1.82, 2.24) is 4.90 Å². The van der Waals surface area contributed by atoms with Crippen molar-refractivity contribution < 1.29 is 4.74 Å². The second-order valence-corrected chi connectivity index (χ2v) is 6.37. The van der Waals surface area contributed by atoms with Gasteiger partial charge < -0.3 is 16.2 Å². The van der Waals surface area contributed by atoms with Gasteiger partial charge in [-0.15, -0.1) is 0 Å². The molecular weight excluding hydrogens is 278 g/mol. The number of hydrogen-bond acceptors (Lipinski definition) is 4. The Labute approximate surface area is 126 Å². The fraction of sp³-hybridized carbons (Fsp3) is 0.846. The summed E-state index contributed by atoms with van der Waals surface area (Å²) >= 11 is 10.0. The van der Waals surface area contributed by atoms with Gasteiger partial charge in [-0.3, -0.25) is 4.90 Å². The van der Waals surface area contributed by atoms with Gasteiger partial charge in [-0.05, 0) is 25.2 Å². The van der Waals surface area contributed by atoms with Crippen LogP contribution in [0.2, 0.25) is 0 Å². The van der Waals surface area contributed by atoms with Gasteiger partial charge in [0.2, 0.25) is 0 Å². The first-order valence-electron chi connectivity index (χ1n) is 6.87. The SMILES string of the molecule is CC(CCC(N)=S)CC(CC(N)=S)N1CCOCC1. The normalized spacial score (nSPS) is 19.8. The number of hydrogen-bond donors (Lipinski definition) is 2. The maximum atomic E-state index is 5.73. The quantitative estimate of drug-likeness (QED) is 0.662. The molecule has 1 aliphatic heterocycles. The van der Waals surface area contributed by atoms with Crippen molar-refractivity contribution in [1.29, 1.82) is 0 Å². The van der Waals surface area contributed by atoms with E-state index in [2.05, 4.69) is 11.8 Å². The third-order valence-electron chi connectivity index (χ3n) is 3.56. The highest BCUT2D eigenvalue weighted by atomic mass is 32.1. The lowest BCUT2D eigenvalue weighted by Gasteiger charge is -2.35. The first-order valence-corrected chi connectivity index (χ1v) is 7.69. The van der Waals surface area contributed by atoms with Crippen LogP contribution in [0.4, 0.5) is 0 Å². The summed E-state index contributed by atoms with van der Waals surface area (Å²) < 4.78 is 5.40. The van der Waals surface area contributed by atoms with Crippen LogP contribution in [0.25, 0.3) is 0 Å². The summed E-state index contributed by atoms with van der Waals surface area (Å²) in [5, 5.41) is 0. The smallest absolute Gasteiger partial charge is 0.0743 e. The zero-order valence-corrected chi connectivity index (χ0v) is 13.3. The van der Waals surface area contributed by atoms with E-state index in [1.165, 1.54) is 0 Å². The minimum absolute atomic E-state index is 0.419. The van der Waals surface area contributed by atoms with Gasteiger partial charge in [-0.1, -0.05) is 31.4 Å². The Balaban J connectivity index is 2.47. The number of ether oxygens (including phenoxy) is 1. The summed E-state index contributed by atoms with van der Waals surface area (Å²) in [5.41, 5.74) is 11.3. The molecular formula is C13H25N3OS2. The summed E-state index contributed by atoms with van der Waals surface area (Å²) in [6.45, 7) is 5.78. The highest BCUT2D eigenvalue weighted by molar-refractivity contribution is 7.80. The number of rotatable bonds is 8. The van der Waals surface area contributed by atoms with Crippen LogP contribution in [0.1, 0.15) is 32.6 Å². The number of thiocarbonyl (C=S) groups is 2. The molecule has 6 heteroatoms. The van der Waals surface area contributed by atoms with E-state index in [1.54, 1.807) is 0 Å². The molecule has 1 fully saturated rings. The van der Waals surface area contributed by atoms with Gasteiger partial charge in [-0.25, -0.2) is 0 Å². The second-order valence-electron chi connectivity index (χ2n) is 5.32. The highest BCUT2D eigenvalue weighted by Crippen LogP contribution is 2.20. The minimum atomic E-state index is 0.419. The van der Waals surface area contributed by atoms with Gasteiger partial charge in [0.25, 0.3) is 0 Å². The van der Waals surface area contributed by atoms with E-state index in [9.17, 15) is 0 Å². The zero-order chi connectivity index (χ0) is 14.3. The molecule has 2 atom stereocenters. The standard InChI is InChI=1S/C13H25N3OS2/c1-10(2-3-12(14)18)8-11(9-13(15)19)16-4-6-17-7-5-16/h10-11H,2-9H2,1H3,(H2,14,18)(H2,15,19). The molecule has 19 heavy (non-hydrogen) atoms. The van der Waals surface area contributed by atoms with Crippen molar-refractivity contribution in [3.8, 4) is 0 Å². The largest absolute Gasteiger partial charge is 0.393 e. The molecule has 1 rings (SSSR count). The maximum Gasteiger partial charge on any atom is 0.0743 e. The highest BCUT2D eigenvalue weighted by Gasteiger charge is 2.23. The van der Waals surface area contributed by atoms with Gasteiger partial charge in [-0.2, -0.15) is 0 Å². The molecule has 4 nitrogen and oxygen atoms in total. The Kier molecular flexibility index (Phi) is 7.75. The first kappa shape index (κ1) is 16.8. The molecule has 0 aromatic carbocycles. The molecule has 0 aromatic heterocycles. The van der Waals surface area contributed by atoms with E-state index in [0.29, 0.717) is 21.9 Å². The Morgan fingerprint density at radius 2 is 1.84 bits per heavy atom. The summed E-state index contributed by atoms with van der Waals surface area (Å²) in [4.78, 5) is 3.64. The summed E-state index contributed by atoms with van der Waals surface area (Å²) in [6, 6.07) is 0.419. The third kappa shape index (κ3) is 7.15. The lowest BCUT2D eigenvalue weighted by molar-refractivity contribution is 0.0132. The second kappa shape index (κ2) is 8.79. The van der Waals surface area contributed by atoms with E-state index in [4.69, 9.17) is 40.6 Å². The van der Waals surface area contributed by atoms with Crippen LogP contribution < -0.4 is 11.5 Å². The predicted octanol–water partition coefficient (Wildman–Crippen LogP) is 1.46. The number of nitrogens with two attached hydrogens (primary N) is 2. The molecule has 0 amide bonds. The van der Waals surface area contributed by atoms with Crippen molar-refractivity contribution in [2.75, 3.05) is 26.3 Å². The predicted molar refractivity (Wildman–Crippen MR) is 87.4 cm³/mol. The molecule has 1 heterocycles. The molecule has 0 aromatic rings. The molecule has 0 bridgehead atoms. The van der Waals surface area contributed by atoms with Crippen molar-refractivity contribution in [2.24, 2.45) is 17.4 Å². The van der Waals surface area contributed by atoms with Gasteiger partial charge >= 0.3 is 0 Å². The molecule has 0 aliphatic carbocycles. The van der Waals surface area contributed by atoms with E-state index < -0.39 is 0 Å². The average molecular weight is 303 g/mol. The van der Waals surface area contributed by atoms with Crippen LogP contribution in [0, 0.1) is 5.92 Å². The molecule has 4 N–H and O–H groups in total. The fourth-order valence-electron chi connectivity index (χ4n) is 2.51. The van der Waals surface area contributed by atoms with Gasteiger partial charge in [0.05, 0.1) is 23.2 Å². The monoisotopic (exact) mass is 303 g/mol. The number of morpholine rings is 1. The summed E-state index contributed by atoms with van der Waals surface area (Å²) in [6.07, 6.45) is 3.72. The van der Waals surface area contributed by atoms with Gasteiger partial charge in [0.1, 0.15) is 0 Å². The lowest BCUT2D eigenvalue weighted by atomic mass is 9.94. The van der Waals surface area contributed by atoms with Crippen LogP contribution in [0.3, 0.4) is 0 Å². The minimum Gasteiger partial charge on any atom is -0.393 e. The zero-order valence-electron chi connectivity index (χ0n) is 11.6. The molecule has 2 unspecified atom stereocenters. The van der Waals surface area contributed by atoms with Crippen LogP contribution >= 0.6 is 24.4 Å². The van der Waals surface area contributed by atoms with E-state index in [0.717, 1.165) is 52.0 Å². The number of nitrogens with zero attached hydrogens (tertiary/aromatic N) is 1. The Morgan fingerprint density at radius 3 is 2.37 bits per heavy atom. The maximum absolute atomic E-state index is 5.73. The molecule has 1 saturated heterocycles. The molecule has 1 aliphatic rings.